The predicted molar refractivity (Wildman–Crippen MR) is 144 cm³/mol. The molecule has 1 aliphatic rings. The van der Waals surface area contributed by atoms with E-state index in [9.17, 15) is 18.8 Å². The molecule has 1 aliphatic heterocycles. The van der Waals surface area contributed by atoms with Crippen molar-refractivity contribution in [3.63, 3.8) is 0 Å². The lowest BCUT2D eigenvalue weighted by molar-refractivity contribution is -0.135. The van der Waals surface area contributed by atoms with E-state index in [1.807, 2.05) is 12.1 Å². The van der Waals surface area contributed by atoms with Gasteiger partial charge in [0.25, 0.3) is 5.91 Å². The summed E-state index contributed by atoms with van der Waals surface area (Å²) in [4.78, 5) is 39.3. The van der Waals surface area contributed by atoms with E-state index in [1.54, 1.807) is 24.3 Å². The Bertz CT molecular complexity index is 1610. The monoisotopic (exact) mass is 561 g/mol. The Balaban J connectivity index is 1.43. The fourth-order valence-electron chi connectivity index (χ4n) is 4.49. The summed E-state index contributed by atoms with van der Waals surface area (Å²) >= 11 is 5.99. The van der Waals surface area contributed by atoms with E-state index >= 15 is 0 Å². The fourth-order valence-corrected chi connectivity index (χ4v) is 4.66. The number of rotatable bonds is 6. The fraction of sp³-hybridized carbons (Fsp3) is 0.111. The molecule has 0 spiro atoms. The number of anilines is 2. The van der Waals surface area contributed by atoms with Gasteiger partial charge in [-0.2, -0.15) is 4.68 Å². The summed E-state index contributed by atoms with van der Waals surface area (Å²) in [6.45, 7) is 0.248. The Hall–Kier alpha value is -5.10. The maximum absolute atomic E-state index is 15.0. The number of tetrazole rings is 1. The molecular formula is C27H21ClFN7O4. The van der Waals surface area contributed by atoms with Crippen LogP contribution in [0.5, 0.6) is 0 Å². The van der Waals surface area contributed by atoms with E-state index in [0.717, 1.165) is 5.56 Å². The quantitative estimate of drug-likeness (QED) is 0.297. The molecule has 0 saturated heterocycles. The topological polar surface area (TPSA) is 142 Å². The molecule has 0 radical (unpaired) electrons. The smallest absolute Gasteiger partial charge is 0.409 e. The Morgan fingerprint density at radius 1 is 1.02 bits per heavy atom. The molecule has 40 heavy (non-hydrogen) atoms. The first-order valence-corrected chi connectivity index (χ1v) is 12.4. The van der Waals surface area contributed by atoms with Gasteiger partial charge in [-0.15, -0.1) is 5.10 Å². The van der Waals surface area contributed by atoms with Gasteiger partial charge < -0.3 is 15.3 Å². The van der Waals surface area contributed by atoms with Gasteiger partial charge in [0.2, 0.25) is 5.91 Å². The Labute approximate surface area is 231 Å². The third kappa shape index (κ3) is 5.52. The number of hydrogen-bond acceptors (Lipinski definition) is 6. The van der Waals surface area contributed by atoms with Crippen LogP contribution in [0, 0.1) is 5.82 Å². The van der Waals surface area contributed by atoms with E-state index < -0.39 is 29.8 Å². The minimum absolute atomic E-state index is 0.00150. The minimum Gasteiger partial charge on any atom is -0.465 e. The first-order valence-electron chi connectivity index (χ1n) is 12.0. The highest BCUT2D eigenvalue weighted by molar-refractivity contribution is 6.31. The number of carbonyl (C=O) groups excluding carboxylic acids is 2. The first-order chi connectivity index (χ1) is 19.3. The molecule has 1 aromatic heterocycles. The molecule has 1 atom stereocenters. The Morgan fingerprint density at radius 3 is 2.45 bits per heavy atom. The van der Waals surface area contributed by atoms with E-state index in [2.05, 4.69) is 26.2 Å². The molecule has 0 fully saturated rings. The van der Waals surface area contributed by atoms with Crippen LogP contribution in [0.25, 0.3) is 11.8 Å². The Morgan fingerprint density at radius 2 is 1.75 bits per heavy atom. The van der Waals surface area contributed by atoms with Crippen LogP contribution in [0.4, 0.5) is 20.6 Å². The van der Waals surface area contributed by atoms with Crippen molar-refractivity contribution in [3.8, 4) is 5.69 Å². The molecule has 0 saturated carbocycles. The molecule has 5 rings (SSSR count). The molecule has 3 aromatic carbocycles. The number of nitrogens with one attached hydrogen (secondary N) is 2. The number of amides is 3. The van der Waals surface area contributed by atoms with Crippen molar-refractivity contribution in [2.45, 2.75) is 12.5 Å². The zero-order chi connectivity index (χ0) is 28.2. The summed E-state index contributed by atoms with van der Waals surface area (Å²) in [5, 5.41) is 24.7. The third-order valence-corrected chi connectivity index (χ3v) is 6.61. The number of fused-ring (bicyclic) bond motifs is 1. The molecule has 3 amide bonds. The van der Waals surface area contributed by atoms with Crippen LogP contribution >= 0.6 is 11.6 Å². The highest BCUT2D eigenvalue weighted by Crippen LogP contribution is 2.32. The summed E-state index contributed by atoms with van der Waals surface area (Å²) in [7, 11) is 0. The van der Waals surface area contributed by atoms with Gasteiger partial charge in [0, 0.05) is 29.6 Å². The van der Waals surface area contributed by atoms with Crippen LogP contribution in [0.3, 0.4) is 0 Å². The van der Waals surface area contributed by atoms with E-state index in [4.69, 9.17) is 16.7 Å². The van der Waals surface area contributed by atoms with Crippen molar-refractivity contribution in [3.05, 3.63) is 101 Å². The molecule has 11 nitrogen and oxygen atoms in total. The molecular weight excluding hydrogens is 541 g/mol. The van der Waals surface area contributed by atoms with Crippen LogP contribution in [0.1, 0.15) is 22.7 Å². The van der Waals surface area contributed by atoms with Crippen molar-refractivity contribution in [2.75, 3.05) is 17.2 Å². The van der Waals surface area contributed by atoms with Gasteiger partial charge in [-0.25, -0.2) is 9.18 Å². The average molecular weight is 562 g/mol. The number of hydrogen-bond donors (Lipinski definition) is 3. The SMILES string of the molecule is O=C(O)Nc1ccc(NC(=O)C2c3ccccc3CCN2C(=O)C=Cc2c(-n3cnnn3)ccc(Cl)c2F)cc1. The van der Waals surface area contributed by atoms with Crippen LogP contribution in [0.2, 0.25) is 5.02 Å². The number of halogens is 2. The molecule has 4 aromatic rings. The second-order valence-corrected chi connectivity index (χ2v) is 9.17. The number of carbonyl (C=O) groups is 3. The number of carboxylic acid groups (broad SMARTS) is 1. The number of nitrogens with zero attached hydrogens (tertiary/aromatic N) is 5. The van der Waals surface area contributed by atoms with Gasteiger partial charge in [-0.1, -0.05) is 35.9 Å². The third-order valence-electron chi connectivity index (χ3n) is 6.32. The van der Waals surface area contributed by atoms with Gasteiger partial charge >= 0.3 is 6.09 Å². The average Bonchev–Trinajstić information content (AvgIpc) is 3.48. The largest absolute Gasteiger partial charge is 0.465 e. The standard InChI is InChI=1S/C27H21ClFN7O4/c28-21-10-11-22(36-15-30-33-34-36)20(24(21)29)9-12-23(37)35-14-13-16-3-1-2-4-19(16)25(35)26(38)31-17-5-7-18(8-6-17)32-27(39)40/h1-12,15,25,32H,13-14H2,(H,31,38)(H,39,40). The van der Waals surface area contributed by atoms with Crippen molar-refractivity contribution < 1.29 is 23.9 Å². The van der Waals surface area contributed by atoms with Gasteiger partial charge in [0.1, 0.15) is 12.4 Å². The predicted octanol–water partition coefficient (Wildman–Crippen LogP) is 4.32. The summed E-state index contributed by atoms with van der Waals surface area (Å²) in [6.07, 6.45) is 3.07. The van der Waals surface area contributed by atoms with Crippen LogP contribution in [0.15, 0.2) is 73.1 Å². The molecule has 1 unspecified atom stereocenters. The normalized spacial score (nSPS) is 14.6. The maximum Gasteiger partial charge on any atom is 0.409 e. The summed E-state index contributed by atoms with van der Waals surface area (Å²) in [6, 6.07) is 15.4. The van der Waals surface area contributed by atoms with Crippen molar-refractivity contribution in [2.24, 2.45) is 0 Å². The van der Waals surface area contributed by atoms with Crippen LogP contribution < -0.4 is 10.6 Å². The number of benzene rings is 3. The van der Waals surface area contributed by atoms with E-state index in [-0.39, 0.29) is 22.8 Å². The molecule has 0 aliphatic carbocycles. The Kier molecular flexibility index (Phi) is 7.51. The van der Waals surface area contributed by atoms with Gasteiger partial charge in [0.15, 0.2) is 5.82 Å². The summed E-state index contributed by atoms with van der Waals surface area (Å²) in [5.74, 6) is -1.73. The van der Waals surface area contributed by atoms with Crippen molar-refractivity contribution in [1.82, 2.24) is 25.1 Å². The van der Waals surface area contributed by atoms with Crippen LogP contribution in [-0.2, 0) is 16.0 Å². The summed E-state index contributed by atoms with van der Waals surface area (Å²) < 4.78 is 16.2. The molecule has 13 heteroatoms. The lowest BCUT2D eigenvalue weighted by atomic mass is 9.91. The lowest BCUT2D eigenvalue weighted by Gasteiger charge is -2.35. The molecule has 0 bridgehead atoms. The molecule has 202 valence electrons. The highest BCUT2D eigenvalue weighted by atomic mass is 35.5. The van der Waals surface area contributed by atoms with E-state index in [0.29, 0.717) is 23.4 Å². The maximum atomic E-state index is 15.0. The second-order valence-electron chi connectivity index (χ2n) is 8.76. The lowest BCUT2D eigenvalue weighted by Crippen LogP contribution is -2.44. The van der Waals surface area contributed by atoms with Gasteiger partial charge in [-0.05, 0) is 70.4 Å². The zero-order valence-electron chi connectivity index (χ0n) is 20.7. The summed E-state index contributed by atoms with van der Waals surface area (Å²) in [5.41, 5.74) is 2.62. The van der Waals surface area contributed by atoms with Gasteiger partial charge in [0.05, 0.1) is 10.7 Å². The molecule has 2 heterocycles. The number of aromatic nitrogens is 4. The first kappa shape index (κ1) is 26.5. The zero-order valence-corrected chi connectivity index (χ0v) is 21.4. The second kappa shape index (κ2) is 11.3. The molecule has 3 N–H and O–H groups in total. The van der Waals surface area contributed by atoms with Crippen molar-refractivity contribution in [1.29, 1.82) is 0 Å². The minimum atomic E-state index is -1.21. The van der Waals surface area contributed by atoms with Crippen LogP contribution in [-0.4, -0.2) is 54.7 Å². The van der Waals surface area contributed by atoms with E-state index in [1.165, 1.54) is 52.3 Å². The van der Waals surface area contributed by atoms with Gasteiger partial charge in [-0.3, -0.25) is 14.9 Å². The van der Waals surface area contributed by atoms with Crippen molar-refractivity contribution >= 4 is 47.0 Å². The highest BCUT2D eigenvalue weighted by Gasteiger charge is 2.35.